The molecule has 2 aromatic carbocycles. The molecule has 0 saturated carbocycles. The maximum absolute atomic E-state index is 13.3. The number of halogens is 2. The van der Waals surface area contributed by atoms with Crippen LogP contribution in [0, 0.1) is 12.7 Å². The van der Waals surface area contributed by atoms with E-state index in [-0.39, 0.29) is 24.2 Å². The van der Waals surface area contributed by atoms with Gasteiger partial charge in [-0.3, -0.25) is 9.59 Å². The SMILES string of the molecule is Cc1cc(Br)ccc1NC(=O)CNC(=O)c1nn(-c2ccc(F)cc2)c2c1CCCC2. The predicted octanol–water partition coefficient (Wildman–Crippen LogP) is 4.33. The molecule has 2 N–H and O–H groups in total. The Kier molecular flexibility index (Phi) is 6.18. The van der Waals surface area contributed by atoms with Crippen LogP contribution >= 0.6 is 15.9 Å². The van der Waals surface area contributed by atoms with Crippen LogP contribution in [-0.2, 0) is 17.6 Å². The van der Waals surface area contributed by atoms with Gasteiger partial charge in [0.1, 0.15) is 5.82 Å². The largest absolute Gasteiger partial charge is 0.342 e. The van der Waals surface area contributed by atoms with E-state index < -0.39 is 0 Å². The summed E-state index contributed by atoms with van der Waals surface area (Å²) in [5, 5.41) is 10.0. The number of nitrogens with zero attached hydrogens (tertiary/aromatic N) is 2. The number of hydrogen-bond donors (Lipinski definition) is 2. The summed E-state index contributed by atoms with van der Waals surface area (Å²) in [6, 6.07) is 11.6. The summed E-state index contributed by atoms with van der Waals surface area (Å²) in [5.41, 5.74) is 4.52. The minimum absolute atomic E-state index is 0.160. The molecule has 8 heteroatoms. The molecule has 0 radical (unpaired) electrons. The fourth-order valence-electron chi connectivity index (χ4n) is 3.78. The molecule has 31 heavy (non-hydrogen) atoms. The summed E-state index contributed by atoms with van der Waals surface area (Å²) in [5.74, 6) is -1.03. The highest BCUT2D eigenvalue weighted by Crippen LogP contribution is 2.27. The highest BCUT2D eigenvalue weighted by molar-refractivity contribution is 9.10. The van der Waals surface area contributed by atoms with Gasteiger partial charge in [-0.15, -0.1) is 0 Å². The van der Waals surface area contributed by atoms with Crippen molar-refractivity contribution in [3.05, 3.63) is 75.3 Å². The second-order valence-corrected chi connectivity index (χ2v) is 8.47. The van der Waals surface area contributed by atoms with Crippen molar-refractivity contribution >= 4 is 33.4 Å². The van der Waals surface area contributed by atoms with Crippen molar-refractivity contribution < 1.29 is 14.0 Å². The van der Waals surface area contributed by atoms with E-state index in [1.807, 2.05) is 19.1 Å². The van der Waals surface area contributed by atoms with E-state index in [4.69, 9.17) is 0 Å². The van der Waals surface area contributed by atoms with Crippen LogP contribution in [-0.4, -0.2) is 28.1 Å². The van der Waals surface area contributed by atoms with Gasteiger partial charge in [0.15, 0.2) is 5.69 Å². The monoisotopic (exact) mass is 484 g/mol. The molecule has 0 aliphatic heterocycles. The van der Waals surface area contributed by atoms with Crippen LogP contribution in [0.5, 0.6) is 0 Å². The smallest absolute Gasteiger partial charge is 0.272 e. The molecule has 0 saturated heterocycles. The number of carbonyl (C=O) groups is 2. The van der Waals surface area contributed by atoms with Gasteiger partial charge in [-0.25, -0.2) is 9.07 Å². The van der Waals surface area contributed by atoms with Gasteiger partial charge in [0.05, 0.1) is 12.2 Å². The Bertz CT molecular complexity index is 1140. The van der Waals surface area contributed by atoms with E-state index >= 15 is 0 Å². The molecular formula is C23H22BrFN4O2. The Morgan fingerprint density at radius 1 is 1.13 bits per heavy atom. The Hall–Kier alpha value is -3.00. The number of nitrogens with one attached hydrogen (secondary N) is 2. The lowest BCUT2D eigenvalue weighted by Gasteiger charge is -2.14. The average molecular weight is 485 g/mol. The Morgan fingerprint density at radius 2 is 1.87 bits per heavy atom. The molecule has 1 heterocycles. The maximum Gasteiger partial charge on any atom is 0.272 e. The van der Waals surface area contributed by atoms with E-state index in [0.29, 0.717) is 17.1 Å². The molecule has 3 aromatic rings. The number of aromatic nitrogens is 2. The first-order chi connectivity index (χ1) is 14.9. The van der Waals surface area contributed by atoms with Gasteiger partial charge in [0, 0.05) is 21.4 Å². The molecule has 0 unspecified atom stereocenters. The van der Waals surface area contributed by atoms with Gasteiger partial charge in [-0.1, -0.05) is 15.9 Å². The zero-order valence-electron chi connectivity index (χ0n) is 17.0. The first-order valence-corrected chi connectivity index (χ1v) is 10.9. The molecule has 160 valence electrons. The highest BCUT2D eigenvalue weighted by atomic mass is 79.9. The standard InChI is InChI=1S/C23H22BrFN4O2/c1-14-12-15(24)6-11-19(14)27-21(30)13-26-23(31)22-18-4-2-3-5-20(18)29(28-22)17-9-7-16(25)8-10-17/h6-12H,2-5,13H2,1H3,(H,26,31)(H,27,30). The first-order valence-electron chi connectivity index (χ1n) is 10.1. The zero-order chi connectivity index (χ0) is 22.0. The summed E-state index contributed by atoms with van der Waals surface area (Å²) in [7, 11) is 0. The van der Waals surface area contributed by atoms with E-state index in [9.17, 15) is 14.0 Å². The van der Waals surface area contributed by atoms with Gasteiger partial charge >= 0.3 is 0 Å². The van der Waals surface area contributed by atoms with Crippen molar-refractivity contribution in [1.29, 1.82) is 0 Å². The van der Waals surface area contributed by atoms with Crippen LogP contribution < -0.4 is 10.6 Å². The van der Waals surface area contributed by atoms with Crippen molar-refractivity contribution in [1.82, 2.24) is 15.1 Å². The molecule has 1 aliphatic rings. The molecule has 6 nitrogen and oxygen atoms in total. The van der Waals surface area contributed by atoms with E-state index in [1.165, 1.54) is 12.1 Å². The van der Waals surface area contributed by atoms with Crippen LogP contribution in [0.1, 0.15) is 40.2 Å². The Labute approximate surface area is 188 Å². The predicted molar refractivity (Wildman–Crippen MR) is 120 cm³/mol. The van der Waals surface area contributed by atoms with Gasteiger partial charge in [-0.2, -0.15) is 5.10 Å². The minimum Gasteiger partial charge on any atom is -0.342 e. The lowest BCUT2D eigenvalue weighted by molar-refractivity contribution is -0.115. The molecule has 2 amide bonds. The third-order valence-corrected chi connectivity index (χ3v) is 5.83. The van der Waals surface area contributed by atoms with Crippen LogP contribution in [0.2, 0.25) is 0 Å². The number of anilines is 1. The van der Waals surface area contributed by atoms with Crippen LogP contribution in [0.4, 0.5) is 10.1 Å². The van der Waals surface area contributed by atoms with E-state index in [0.717, 1.165) is 47.0 Å². The Balaban J connectivity index is 1.49. The molecule has 1 aliphatic carbocycles. The van der Waals surface area contributed by atoms with Gasteiger partial charge in [0.2, 0.25) is 5.91 Å². The number of carbonyl (C=O) groups excluding carboxylic acids is 2. The lowest BCUT2D eigenvalue weighted by atomic mass is 9.95. The summed E-state index contributed by atoms with van der Waals surface area (Å²) in [6.45, 7) is 1.74. The van der Waals surface area contributed by atoms with Crippen molar-refractivity contribution in [2.24, 2.45) is 0 Å². The molecule has 0 atom stereocenters. The summed E-state index contributed by atoms with van der Waals surface area (Å²) in [6.07, 6.45) is 3.54. The first kappa shape index (κ1) is 21.2. The van der Waals surface area contributed by atoms with Crippen molar-refractivity contribution in [3.8, 4) is 5.69 Å². The van der Waals surface area contributed by atoms with Crippen LogP contribution in [0.15, 0.2) is 46.9 Å². The average Bonchev–Trinajstić information content (AvgIpc) is 3.14. The minimum atomic E-state index is -0.387. The molecule has 0 spiro atoms. The Morgan fingerprint density at radius 3 is 2.61 bits per heavy atom. The fraction of sp³-hybridized carbons (Fsp3) is 0.261. The van der Waals surface area contributed by atoms with Crippen molar-refractivity contribution in [3.63, 3.8) is 0 Å². The van der Waals surface area contributed by atoms with Crippen molar-refractivity contribution in [2.45, 2.75) is 32.6 Å². The third kappa shape index (κ3) is 4.69. The van der Waals surface area contributed by atoms with Crippen LogP contribution in [0.25, 0.3) is 5.69 Å². The molecular weight excluding hydrogens is 463 g/mol. The lowest BCUT2D eigenvalue weighted by Crippen LogP contribution is -2.33. The quantitative estimate of drug-likeness (QED) is 0.565. The number of fused-ring (bicyclic) bond motifs is 1. The fourth-order valence-corrected chi connectivity index (χ4v) is 4.26. The number of amides is 2. The van der Waals surface area contributed by atoms with Crippen molar-refractivity contribution in [2.75, 3.05) is 11.9 Å². The topological polar surface area (TPSA) is 76.0 Å². The molecule has 1 aromatic heterocycles. The summed E-state index contributed by atoms with van der Waals surface area (Å²) < 4.78 is 16.0. The maximum atomic E-state index is 13.3. The third-order valence-electron chi connectivity index (χ3n) is 5.34. The second-order valence-electron chi connectivity index (χ2n) is 7.56. The normalized spacial score (nSPS) is 12.9. The van der Waals surface area contributed by atoms with E-state index in [2.05, 4.69) is 31.7 Å². The summed E-state index contributed by atoms with van der Waals surface area (Å²) >= 11 is 3.39. The number of hydrogen-bond acceptors (Lipinski definition) is 3. The highest BCUT2D eigenvalue weighted by Gasteiger charge is 2.25. The van der Waals surface area contributed by atoms with Gasteiger partial charge in [0.25, 0.3) is 5.91 Å². The molecule has 4 rings (SSSR count). The van der Waals surface area contributed by atoms with Gasteiger partial charge in [-0.05, 0) is 80.6 Å². The van der Waals surface area contributed by atoms with E-state index in [1.54, 1.807) is 22.9 Å². The van der Waals surface area contributed by atoms with Gasteiger partial charge < -0.3 is 10.6 Å². The molecule has 0 bridgehead atoms. The zero-order valence-corrected chi connectivity index (χ0v) is 18.6. The number of aryl methyl sites for hydroxylation is 1. The number of rotatable bonds is 5. The number of benzene rings is 2. The second kappa shape index (κ2) is 9.01. The van der Waals surface area contributed by atoms with Crippen LogP contribution in [0.3, 0.4) is 0 Å². The summed E-state index contributed by atoms with van der Waals surface area (Å²) in [4.78, 5) is 25.2. The molecule has 0 fully saturated rings.